The van der Waals surface area contributed by atoms with E-state index in [-0.39, 0.29) is 30.5 Å². The van der Waals surface area contributed by atoms with Crippen LogP contribution in [0.25, 0.3) is 0 Å². The van der Waals surface area contributed by atoms with Gasteiger partial charge in [-0.15, -0.1) is 24.8 Å². The first-order valence-electron chi connectivity index (χ1n) is 20.8. The molecule has 1 heterocycles. The molecule has 0 amide bonds. The molecule has 0 aliphatic carbocycles. The summed E-state index contributed by atoms with van der Waals surface area (Å²) in [6, 6.07) is 20.2. The van der Waals surface area contributed by atoms with Gasteiger partial charge in [-0.05, 0) is 37.8 Å². The van der Waals surface area contributed by atoms with Crippen molar-refractivity contribution in [2.75, 3.05) is 13.1 Å². The first-order chi connectivity index (χ1) is 27.5. The third-order valence-corrected chi connectivity index (χ3v) is 8.65. The molecule has 3 rings (SSSR count). The molecule has 1 aliphatic heterocycles. The molecule has 10 N–H and O–H groups in total. The van der Waals surface area contributed by atoms with Crippen molar-refractivity contribution in [1.29, 1.82) is 0 Å². The van der Waals surface area contributed by atoms with E-state index in [1.54, 1.807) is 0 Å². The van der Waals surface area contributed by atoms with Gasteiger partial charge < -0.3 is 32.3 Å². The lowest BCUT2D eigenvalue weighted by Gasteiger charge is -2.36. The second kappa shape index (κ2) is 36.5. The van der Waals surface area contributed by atoms with E-state index in [0.717, 1.165) is 43.4 Å². The summed E-state index contributed by atoms with van der Waals surface area (Å²) in [4.78, 5) is 36.1. The summed E-state index contributed by atoms with van der Waals surface area (Å²) in [5, 5.41) is 27.7. The Kier molecular flexibility index (Phi) is 35.0. The van der Waals surface area contributed by atoms with Crippen molar-refractivity contribution in [1.82, 2.24) is 21.3 Å². The molecule has 14 nitrogen and oxygen atoms in total. The van der Waals surface area contributed by atoms with Crippen molar-refractivity contribution in [3.8, 4) is 0 Å². The van der Waals surface area contributed by atoms with Crippen LogP contribution in [0.4, 0.5) is 0 Å². The summed E-state index contributed by atoms with van der Waals surface area (Å²) in [5.74, 6) is -1.42. The summed E-state index contributed by atoms with van der Waals surface area (Å²) >= 11 is 0. The van der Waals surface area contributed by atoms with Crippen LogP contribution >= 0.6 is 24.8 Å². The number of halogens is 2. The standard InChI is InChI=1S/C23H39N5.C18H31N5.C2H2O4.2ClH/c1-4-5-6-7-8-9-10-11-15-18-24-21-26-22(28-23(2,3)27-21)25-19-20-16-13-12-14-17-20;1-2-3-4-5-6-7-11-14-21-17(19)23-18(20)22-15-16-12-9-8-10-13-16;3-1(4)2(5)6;;/h12-14,16-17H,4-11,15,18-19H2,1-3H3,(H3,24,25,26,27,28);8-10,12-13H,2-7,11,14-15H2,1H3,(H5,19,20,21,22,23);(H,3,4)(H,5,6);2*1H. The van der Waals surface area contributed by atoms with Crippen molar-refractivity contribution < 1.29 is 19.8 Å². The molecular formula is C43H74Cl2N10O4. The van der Waals surface area contributed by atoms with E-state index in [1.807, 2.05) is 48.5 Å². The lowest BCUT2D eigenvalue weighted by molar-refractivity contribution is -0.159. The van der Waals surface area contributed by atoms with Gasteiger partial charge in [0.2, 0.25) is 0 Å². The number of benzene rings is 2. The molecule has 59 heavy (non-hydrogen) atoms. The zero-order valence-electron chi connectivity index (χ0n) is 35.9. The minimum Gasteiger partial charge on any atom is -0.473 e. The molecule has 334 valence electrons. The molecule has 0 spiro atoms. The highest BCUT2D eigenvalue weighted by atomic mass is 35.5. The van der Waals surface area contributed by atoms with Crippen LogP contribution in [0.1, 0.15) is 142 Å². The third kappa shape index (κ3) is 33.0. The number of hydrogen-bond acceptors (Lipinski definition) is 6. The van der Waals surface area contributed by atoms with E-state index in [4.69, 9.17) is 36.3 Å². The monoisotopic (exact) mass is 865 g/mol. The predicted molar refractivity (Wildman–Crippen MR) is 250 cm³/mol. The Morgan fingerprint density at radius 2 is 0.966 bits per heavy atom. The molecule has 0 saturated carbocycles. The Balaban J connectivity index is 0. The number of rotatable bonds is 22. The van der Waals surface area contributed by atoms with Crippen molar-refractivity contribution in [2.45, 2.75) is 149 Å². The van der Waals surface area contributed by atoms with E-state index in [9.17, 15) is 0 Å². The van der Waals surface area contributed by atoms with Gasteiger partial charge in [0.15, 0.2) is 23.8 Å². The van der Waals surface area contributed by atoms with E-state index in [0.29, 0.717) is 25.0 Å². The Morgan fingerprint density at radius 1 is 0.576 bits per heavy atom. The van der Waals surface area contributed by atoms with Gasteiger partial charge in [0.1, 0.15) is 5.66 Å². The molecule has 1 aliphatic rings. The van der Waals surface area contributed by atoms with Crippen molar-refractivity contribution in [3.05, 3.63) is 71.8 Å². The number of aliphatic imine (C=N–C) groups is 4. The van der Waals surface area contributed by atoms with Gasteiger partial charge in [-0.25, -0.2) is 19.6 Å². The quantitative estimate of drug-likeness (QED) is 0.0246. The van der Waals surface area contributed by atoms with Crippen molar-refractivity contribution >= 4 is 60.6 Å². The second-order valence-corrected chi connectivity index (χ2v) is 14.5. The Morgan fingerprint density at radius 3 is 1.42 bits per heavy atom. The van der Waals surface area contributed by atoms with Crippen LogP contribution in [-0.4, -0.2) is 64.7 Å². The van der Waals surface area contributed by atoms with Crippen LogP contribution in [0.5, 0.6) is 0 Å². The molecule has 2 aromatic carbocycles. The lowest BCUT2D eigenvalue weighted by atomic mass is 10.1. The average molecular weight is 866 g/mol. The first-order valence-corrected chi connectivity index (χ1v) is 20.8. The number of hydrogen-bond donors (Lipinski definition) is 8. The second-order valence-electron chi connectivity index (χ2n) is 14.5. The minimum absolute atomic E-state index is 0. The topological polar surface area (TPSA) is 224 Å². The molecule has 2 aromatic rings. The average Bonchev–Trinajstić information content (AvgIpc) is 3.19. The fourth-order valence-electron chi connectivity index (χ4n) is 5.56. The maximum atomic E-state index is 9.10. The number of guanidine groups is 4. The van der Waals surface area contributed by atoms with Crippen LogP contribution in [-0.2, 0) is 22.7 Å². The SMILES string of the molecule is CCCCCCCCCCCN=C1NC(=NCc2ccccc2)NC(C)(C)N1.CCCCCCCCCN=C(N)NC(N)=NCc1ccccc1.Cl.Cl.O=C(O)C(=O)O. The van der Waals surface area contributed by atoms with E-state index in [1.165, 1.54) is 95.5 Å². The maximum absolute atomic E-state index is 9.10. The van der Waals surface area contributed by atoms with Gasteiger partial charge in [0, 0.05) is 13.1 Å². The number of carboxylic acids is 2. The summed E-state index contributed by atoms with van der Waals surface area (Å²) in [5.41, 5.74) is 13.6. The largest absolute Gasteiger partial charge is 0.473 e. The normalized spacial score (nSPS) is 14.4. The van der Waals surface area contributed by atoms with Gasteiger partial charge in [0.25, 0.3) is 0 Å². The molecule has 0 radical (unpaired) electrons. The van der Waals surface area contributed by atoms with Crippen molar-refractivity contribution in [3.63, 3.8) is 0 Å². The molecule has 0 unspecified atom stereocenters. The van der Waals surface area contributed by atoms with Crippen LogP contribution in [0, 0.1) is 0 Å². The van der Waals surface area contributed by atoms with Crippen LogP contribution in [0.15, 0.2) is 80.6 Å². The fourth-order valence-corrected chi connectivity index (χ4v) is 5.56. The molecule has 1 saturated heterocycles. The third-order valence-electron chi connectivity index (χ3n) is 8.65. The maximum Gasteiger partial charge on any atom is 0.414 e. The Bertz CT molecular complexity index is 1480. The predicted octanol–water partition coefficient (Wildman–Crippen LogP) is 8.10. The number of nitrogens with one attached hydrogen (secondary N) is 4. The molecule has 0 aromatic heterocycles. The highest BCUT2D eigenvalue weighted by Crippen LogP contribution is 2.10. The highest BCUT2D eigenvalue weighted by molar-refractivity contribution is 6.27. The molecule has 16 heteroatoms. The van der Waals surface area contributed by atoms with Crippen LogP contribution in [0.3, 0.4) is 0 Å². The summed E-state index contributed by atoms with van der Waals surface area (Å²) in [6.45, 7) is 11.5. The molecule has 0 bridgehead atoms. The number of aliphatic carboxylic acids is 2. The van der Waals surface area contributed by atoms with Crippen LogP contribution < -0.4 is 32.7 Å². The Labute approximate surface area is 365 Å². The van der Waals surface area contributed by atoms with Crippen LogP contribution in [0.2, 0.25) is 0 Å². The summed E-state index contributed by atoms with van der Waals surface area (Å²) < 4.78 is 0. The van der Waals surface area contributed by atoms with Crippen molar-refractivity contribution in [2.24, 2.45) is 31.4 Å². The number of unbranched alkanes of at least 4 members (excludes halogenated alkanes) is 14. The number of nitrogens with zero attached hydrogens (tertiary/aromatic N) is 4. The van der Waals surface area contributed by atoms with Gasteiger partial charge >= 0.3 is 11.9 Å². The number of nitrogens with two attached hydrogens (primary N) is 2. The van der Waals surface area contributed by atoms with E-state index in [2.05, 4.69) is 76.1 Å². The highest BCUT2D eigenvalue weighted by Gasteiger charge is 2.26. The van der Waals surface area contributed by atoms with E-state index >= 15 is 0 Å². The fraction of sp³-hybridized carbons (Fsp3) is 0.581. The Hall–Kier alpha value is -4.56. The van der Waals surface area contributed by atoms with Gasteiger partial charge in [-0.3, -0.25) is 20.6 Å². The van der Waals surface area contributed by atoms with E-state index < -0.39 is 11.9 Å². The summed E-state index contributed by atoms with van der Waals surface area (Å²) in [6.07, 6.45) is 20.9. The zero-order valence-corrected chi connectivity index (χ0v) is 37.5. The molecule has 0 atom stereocenters. The van der Waals surface area contributed by atoms with Gasteiger partial charge in [-0.1, -0.05) is 164 Å². The number of carbonyl (C=O) groups is 2. The lowest BCUT2D eigenvalue weighted by Crippen LogP contribution is -2.68. The zero-order chi connectivity index (χ0) is 42.0. The molecular weight excluding hydrogens is 791 g/mol. The number of carboxylic acid groups (broad SMARTS) is 2. The summed E-state index contributed by atoms with van der Waals surface area (Å²) in [7, 11) is 0. The van der Waals surface area contributed by atoms with Gasteiger partial charge in [-0.2, -0.15) is 0 Å². The minimum atomic E-state index is -1.82. The van der Waals surface area contributed by atoms with Gasteiger partial charge in [0.05, 0.1) is 13.1 Å². The first kappa shape index (κ1) is 56.5. The molecule has 1 fully saturated rings. The smallest absolute Gasteiger partial charge is 0.414 e.